The number of nitrogens with one attached hydrogen (secondary N) is 1. The topological polar surface area (TPSA) is 58.6 Å². The lowest BCUT2D eigenvalue weighted by molar-refractivity contribution is -0.163. The molecule has 0 unspecified atom stereocenters. The number of carbonyl (C=O) groups excluding carboxylic acids is 2. The van der Waals surface area contributed by atoms with Crippen molar-refractivity contribution in [3.63, 3.8) is 0 Å². The molecule has 1 N–H and O–H groups in total. The fourth-order valence-electron chi connectivity index (χ4n) is 4.96. The van der Waals surface area contributed by atoms with Crippen molar-refractivity contribution in [2.75, 3.05) is 13.2 Å². The number of ether oxygens (including phenoxy) is 1. The molecule has 2 fully saturated rings. The molecule has 2 aromatic carbocycles. The van der Waals surface area contributed by atoms with Crippen LogP contribution >= 0.6 is 0 Å². The fourth-order valence-corrected chi connectivity index (χ4v) is 4.96. The summed E-state index contributed by atoms with van der Waals surface area (Å²) >= 11 is 0. The van der Waals surface area contributed by atoms with Gasteiger partial charge in [0.2, 0.25) is 5.91 Å². The first-order chi connectivity index (χ1) is 17.0. The summed E-state index contributed by atoms with van der Waals surface area (Å²) in [4.78, 5) is 26.8. The Labute approximate surface area is 207 Å². The second-order valence-corrected chi connectivity index (χ2v) is 10.0. The Morgan fingerprint density at radius 3 is 2.47 bits per heavy atom. The largest absolute Gasteiger partial charge is 0.407 e. The fraction of sp³-hybridized carbons (Fsp3) is 0.481. The van der Waals surface area contributed by atoms with E-state index >= 15 is 0 Å². The van der Waals surface area contributed by atoms with Crippen molar-refractivity contribution in [1.82, 2.24) is 10.2 Å². The zero-order chi connectivity index (χ0) is 26.2. The standard InChI is InChI=1S/C27H30F4N2O3/c1-15(2)11-21(26(35)33-13-20(28)24-23(33)22(34)14-36-24)32-25(27(29,30)31)19-6-4-5-18(12-19)17-9-7-16(3)8-10-17/h4-10,12,15,20-21,23-25,32H,11,13-14H2,1-3H3/t20-,21-,23+,24+,25-/m0/s1. The van der Waals surface area contributed by atoms with Gasteiger partial charge in [0, 0.05) is 0 Å². The van der Waals surface area contributed by atoms with Crippen molar-refractivity contribution < 1.29 is 31.9 Å². The number of hydrogen-bond donors (Lipinski definition) is 1. The van der Waals surface area contributed by atoms with Crippen LogP contribution in [0.3, 0.4) is 0 Å². The molecule has 4 rings (SSSR count). The smallest absolute Gasteiger partial charge is 0.365 e. The van der Waals surface area contributed by atoms with Gasteiger partial charge in [-0.3, -0.25) is 14.9 Å². The van der Waals surface area contributed by atoms with Gasteiger partial charge in [0.15, 0.2) is 5.78 Å². The summed E-state index contributed by atoms with van der Waals surface area (Å²) in [7, 11) is 0. The van der Waals surface area contributed by atoms with E-state index < -0.39 is 48.3 Å². The molecule has 2 aliphatic rings. The van der Waals surface area contributed by atoms with Crippen LogP contribution in [0.1, 0.15) is 37.4 Å². The highest BCUT2D eigenvalue weighted by Gasteiger charge is 2.54. The molecule has 0 saturated carbocycles. The molecule has 0 spiro atoms. The van der Waals surface area contributed by atoms with Crippen LogP contribution in [0.5, 0.6) is 0 Å². The molecular formula is C27H30F4N2O3. The van der Waals surface area contributed by atoms with E-state index in [4.69, 9.17) is 4.74 Å². The molecule has 2 heterocycles. The number of ketones is 1. The Hall–Kier alpha value is -2.78. The molecular weight excluding hydrogens is 476 g/mol. The molecule has 2 aromatic rings. The van der Waals surface area contributed by atoms with Crippen LogP contribution in [0.4, 0.5) is 17.6 Å². The average molecular weight is 507 g/mol. The third-order valence-electron chi connectivity index (χ3n) is 6.71. The van der Waals surface area contributed by atoms with Gasteiger partial charge < -0.3 is 9.64 Å². The van der Waals surface area contributed by atoms with Crippen molar-refractivity contribution in [3.05, 3.63) is 59.7 Å². The number of carbonyl (C=O) groups is 2. The highest BCUT2D eigenvalue weighted by Crippen LogP contribution is 2.36. The highest BCUT2D eigenvalue weighted by atomic mass is 19.4. The summed E-state index contributed by atoms with van der Waals surface area (Å²) in [5, 5.41) is 2.52. The van der Waals surface area contributed by atoms with Gasteiger partial charge in [-0.15, -0.1) is 0 Å². The summed E-state index contributed by atoms with van der Waals surface area (Å²) in [6.45, 7) is 4.82. The molecule has 5 atom stereocenters. The number of aryl methyl sites for hydroxylation is 1. The van der Waals surface area contributed by atoms with E-state index in [1.807, 2.05) is 31.2 Å². The maximum absolute atomic E-state index is 14.5. The number of halogens is 4. The minimum absolute atomic E-state index is 0.0370. The van der Waals surface area contributed by atoms with Crippen LogP contribution in [0, 0.1) is 12.8 Å². The Kier molecular flexibility index (Phi) is 7.52. The van der Waals surface area contributed by atoms with Gasteiger partial charge in [0.1, 0.15) is 31.0 Å². The lowest BCUT2D eigenvalue weighted by Gasteiger charge is -2.32. The van der Waals surface area contributed by atoms with Crippen molar-refractivity contribution in [2.24, 2.45) is 5.92 Å². The van der Waals surface area contributed by atoms with Gasteiger partial charge >= 0.3 is 6.18 Å². The van der Waals surface area contributed by atoms with E-state index in [1.165, 1.54) is 12.1 Å². The molecule has 0 bridgehead atoms. The predicted molar refractivity (Wildman–Crippen MR) is 127 cm³/mol. The zero-order valence-corrected chi connectivity index (χ0v) is 20.4. The second kappa shape index (κ2) is 10.3. The molecule has 194 valence electrons. The van der Waals surface area contributed by atoms with Crippen LogP contribution in [0.2, 0.25) is 0 Å². The van der Waals surface area contributed by atoms with Crippen LogP contribution in [0.25, 0.3) is 11.1 Å². The van der Waals surface area contributed by atoms with Crippen molar-refractivity contribution in [2.45, 2.75) is 63.8 Å². The van der Waals surface area contributed by atoms with E-state index in [-0.39, 0.29) is 31.1 Å². The minimum Gasteiger partial charge on any atom is -0.365 e. The third-order valence-corrected chi connectivity index (χ3v) is 6.71. The summed E-state index contributed by atoms with van der Waals surface area (Å²) < 4.78 is 62.7. The molecule has 5 nitrogen and oxygen atoms in total. The molecule has 0 aromatic heterocycles. The first kappa shape index (κ1) is 26.3. The van der Waals surface area contributed by atoms with Crippen LogP contribution < -0.4 is 5.32 Å². The molecule has 2 aliphatic heterocycles. The van der Waals surface area contributed by atoms with Crippen molar-refractivity contribution >= 4 is 11.7 Å². The van der Waals surface area contributed by atoms with Gasteiger partial charge in [0.05, 0.1) is 12.6 Å². The maximum atomic E-state index is 14.5. The number of nitrogens with zero attached hydrogens (tertiary/aromatic N) is 1. The number of likely N-dealkylation sites (tertiary alicyclic amines) is 1. The molecule has 0 radical (unpaired) electrons. The number of Topliss-reactive ketones (excluding diaryl/α,β-unsaturated/α-hetero) is 1. The SMILES string of the molecule is Cc1ccc(-c2cccc([C@H](N[C@@H](CC(C)C)C(=O)N3C[C@H](F)[C@H]4OCC(=O)[C@H]43)C(F)(F)F)c2)cc1. The van der Waals surface area contributed by atoms with E-state index in [2.05, 4.69) is 5.32 Å². The predicted octanol–water partition coefficient (Wildman–Crippen LogP) is 4.79. The lowest BCUT2D eigenvalue weighted by atomic mass is 9.96. The summed E-state index contributed by atoms with van der Waals surface area (Å²) in [6.07, 6.45) is -7.24. The monoisotopic (exact) mass is 506 g/mol. The van der Waals surface area contributed by atoms with Gasteiger partial charge in [0.25, 0.3) is 0 Å². The van der Waals surface area contributed by atoms with Gasteiger partial charge in [-0.25, -0.2) is 4.39 Å². The Morgan fingerprint density at radius 1 is 1.14 bits per heavy atom. The molecule has 1 amide bonds. The normalized spacial score (nSPS) is 23.7. The van der Waals surface area contributed by atoms with Crippen LogP contribution in [0.15, 0.2) is 48.5 Å². The number of hydrogen-bond acceptors (Lipinski definition) is 4. The van der Waals surface area contributed by atoms with Gasteiger partial charge in [-0.2, -0.15) is 13.2 Å². The summed E-state index contributed by atoms with van der Waals surface area (Å²) in [5.74, 6) is -1.29. The first-order valence-electron chi connectivity index (χ1n) is 12.0. The number of rotatable bonds is 7. The van der Waals surface area contributed by atoms with Gasteiger partial charge in [-0.05, 0) is 42.0 Å². The molecule has 9 heteroatoms. The quantitative estimate of drug-likeness (QED) is 0.549. The van der Waals surface area contributed by atoms with Crippen LogP contribution in [-0.2, 0) is 14.3 Å². The van der Waals surface area contributed by atoms with Crippen LogP contribution in [-0.4, -0.2) is 60.3 Å². The summed E-state index contributed by atoms with van der Waals surface area (Å²) in [5.41, 5.74) is 2.39. The summed E-state index contributed by atoms with van der Waals surface area (Å²) in [6, 6.07) is 9.07. The number of fused-ring (bicyclic) bond motifs is 1. The lowest BCUT2D eigenvalue weighted by Crippen LogP contribution is -2.53. The van der Waals surface area contributed by atoms with E-state index in [0.717, 1.165) is 16.0 Å². The highest BCUT2D eigenvalue weighted by molar-refractivity contribution is 5.94. The van der Waals surface area contributed by atoms with Crippen molar-refractivity contribution in [3.8, 4) is 11.1 Å². The van der Waals surface area contributed by atoms with Crippen molar-refractivity contribution in [1.29, 1.82) is 0 Å². The average Bonchev–Trinajstić information content (AvgIpc) is 3.36. The Morgan fingerprint density at radius 2 is 1.83 bits per heavy atom. The molecule has 2 saturated heterocycles. The number of alkyl halides is 4. The molecule has 36 heavy (non-hydrogen) atoms. The van der Waals surface area contributed by atoms with E-state index in [9.17, 15) is 27.2 Å². The zero-order valence-electron chi connectivity index (χ0n) is 20.4. The number of amides is 1. The number of benzene rings is 2. The first-order valence-corrected chi connectivity index (χ1v) is 12.0. The van der Waals surface area contributed by atoms with E-state index in [1.54, 1.807) is 26.0 Å². The molecule has 0 aliphatic carbocycles. The Balaban J connectivity index is 1.64. The maximum Gasteiger partial charge on any atom is 0.407 e. The Bertz CT molecular complexity index is 1100. The minimum atomic E-state index is -4.70. The van der Waals surface area contributed by atoms with E-state index in [0.29, 0.717) is 5.56 Å². The van der Waals surface area contributed by atoms with Gasteiger partial charge in [-0.1, -0.05) is 61.9 Å². The third kappa shape index (κ3) is 5.47. The second-order valence-electron chi connectivity index (χ2n) is 10.0.